The Bertz CT molecular complexity index is 1280. The molecule has 0 aliphatic carbocycles. The summed E-state index contributed by atoms with van der Waals surface area (Å²) in [7, 11) is 0. The van der Waals surface area contributed by atoms with Gasteiger partial charge in [-0.25, -0.2) is 4.98 Å². The second kappa shape index (κ2) is 8.26. The Labute approximate surface area is 184 Å². The van der Waals surface area contributed by atoms with Crippen LogP contribution in [-0.4, -0.2) is 16.0 Å². The molecule has 4 aromatic rings. The Balaban J connectivity index is 1.51. The van der Waals surface area contributed by atoms with E-state index < -0.39 is 0 Å². The second-order valence-electron chi connectivity index (χ2n) is 6.89. The molecule has 150 valence electrons. The quantitative estimate of drug-likeness (QED) is 0.392. The highest BCUT2D eigenvalue weighted by Gasteiger charge is 2.13. The van der Waals surface area contributed by atoms with Crippen molar-refractivity contribution in [1.82, 2.24) is 10.3 Å². The van der Waals surface area contributed by atoms with Crippen LogP contribution in [0.15, 0.2) is 65.1 Å². The van der Waals surface area contributed by atoms with Gasteiger partial charge in [-0.1, -0.05) is 29.8 Å². The van der Waals surface area contributed by atoms with Gasteiger partial charge in [-0.05, 0) is 79.7 Å². The van der Waals surface area contributed by atoms with E-state index in [1.807, 2.05) is 30.3 Å². The molecule has 5 nitrogen and oxygen atoms in total. The summed E-state index contributed by atoms with van der Waals surface area (Å²) in [4.78, 5) is 16.9. The average Bonchev–Trinajstić information content (AvgIpc) is 3.13. The van der Waals surface area contributed by atoms with Crippen LogP contribution in [0.5, 0.6) is 0 Å². The van der Waals surface area contributed by atoms with Gasteiger partial charge in [0.2, 0.25) is 5.89 Å². The van der Waals surface area contributed by atoms with E-state index in [1.165, 1.54) is 11.1 Å². The fourth-order valence-corrected chi connectivity index (χ4v) is 3.41. The van der Waals surface area contributed by atoms with Crippen molar-refractivity contribution in [3.8, 4) is 11.5 Å². The molecule has 30 heavy (non-hydrogen) atoms. The number of anilines is 1. The highest BCUT2D eigenvalue weighted by molar-refractivity contribution is 7.80. The van der Waals surface area contributed by atoms with Crippen molar-refractivity contribution < 1.29 is 9.21 Å². The van der Waals surface area contributed by atoms with E-state index in [9.17, 15) is 4.79 Å². The van der Waals surface area contributed by atoms with Crippen molar-refractivity contribution in [2.75, 3.05) is 5.32 Å². The lowest BCUT2D eigenvalue weighted by Gasteiger charge is -2.10. The Morgan fingerprint density at radius 3 is 2.60 bits per heavy atom. The van der Waals surface area contributed by atoms with E-state index in [4.69, 9.17) is 28.2 Å². The summed E-state index contributed by atoms with van der Waals surface area (Å²) < 4.78 is 5.89. The van der Waals surface area contributed by atoms with Crippen LogP contribution in [0.4, 0.5) is 5.69 Å². The van der Waals surface area contributed by atoms with Crippen molar-refractivity contribution in [2.45, 2.75) is 13.8 Å². The van der Waals surface area contributed by atoms with Crippen molar-refractivity contribution in [3.63, 3.8) is 0 Å². The van der Waals surface area contributed by atoms with Crippen LogP contribution < -0.4 is 10.6 Å². The number of nitrogens with one attached hydrogen (secondary N) is 2. The summed E-state index contributed by atoms with van der Waals surface area (Å²) >= 11 is 11.3. The topological polar surface area (TPSA) is 67.2 Å². The summed E-state index contributed by atoms with van der Waals surface area (Å²) in [6.07, 6.45) is 0. The Morgan fingerprint density at radius 1 is 1.03 bits per heavy atom. The van der Waals surface area contributed by atoms with Gasteiger partial charge in [0.25, 0.3) is 5.91 Å². The van der Waals surface area contributed by atoms with Crippen LogP contribution in [0, 0.1) is 13.8 Å². The Kier molecular flexibility index (Phi) is 5.53. The molecule has 0 saturated carbocycles. The maximum atomic E-state index is 12.3. The SMILES string of the molecule is Cc1ccc(-c2nc3cc(NC(=S)NC(=O)c4ccccc4Cl)ccc3o2)cc1C. The number of aromatic nitrogens is 1. The van der Waals surface area contributed by atoms with Crippen LogP contribution in [0.2, 0.25) is 5.02 Å². The van der Waals surface area contributed by atoms with Crippen LogP contribution in [0.1, 0.15) is 21.5 Å². The number of oxazole rings is 1. The first-order valence-corrected chi connectivity index (χ1v) is 10.0. The van der Waals surface area contributed by atoms with Crippen molar-refractivity contribution in [1.29, 1.82) is 0 Å². The number of thiocarbonyl (C=S) groups is 1. The minimum atomic E-state index is -0.377. The minimum absolute atomic E-state index is 0.164. The molecule has 0 atom stereocenters. The fourth-order valence-electron chi connectivity index (χ4n) is 2.98. The highest BCUT2D eigenvalue weighted by atomic mass is 35.5. The third kappa shape index (κ3) is 4.20. The number of benzene rings is 3. The number of hydrogen-bond acceptors (Lipinski definition) is 4. The molecule has 0 aliphatic rings. The average molecular weight is 436 g/mol. The zero-order valence-electron chi connectivity index (χ0n) is 16.3. The highest BCUT2D eigenvalue weighted by Crippen LogP contribution is 2.27. The summed E-state index contributed by atoms with van der Waals surface area (Å²) in [5.74, 6) is 0.178. The third-order valence-electron chi connectivity index (χ3n) is 4.74. The Hall–Kier alpha value is -3.22. The maximum absolute atomic E-state index is 12.3. The van der Waals surface area contributed by atoms with E-state index in [1.54, 1.807) is 24.3 Å². The monoisotopic (exact) mass is 435 g/mol. The number of carbonyl (C=O) groups is 1. The molecule has 0 aliphatic heterocycles. The number of rotatable bonds is 3. The minimum Gasteiger partial charge on any atom is -0.436 e. The van der Waals surface area contributed by atoms with Gasteiger partial charge in [0.05, 0.1) is 10.6 Å². The fraction of sp³-hybridized carbons (Fsp3) is 0.0870. The molecule has 1 aromatic heterocycles. The number of fused-ring (bicyclic) bond motifs is 1. The largest absolute Gasteiger partial charge is 0.436 e. The molecule has 0 fully saturated rings. The van der Waals surface area contributed by atoms with E-state index >= 15 is 0 Å². The zero-order chi connectivity index (χ0) is 21.3. The predicted octanol–water partition coefficient (Wildman–Crippen LogP) is 5.89. The summed E-state index contributed by atoms with van der Waals surface area (Å²) in [5, 5.41) is 6.15. The van der Waals surface area contributed by atoms with Gasteiger partial charge in [-0.3, -0.25) is 10.1 Å². The lowest BCUT2D eigenvalue weighted by molar-refractivity contribution is 0.0978. The van der Waals surface area contributed by atoms with Crippen LogP contribution >= 0.6 is 23.8 Å². The standard InChI is InChI=1S/C23H18ClN3O2S/c1-13-7-8-15(11-14(13)2)22-26-19-12-16(9-10-20(19)29-22)25-23(30)27-21(28)17-5-3-4-6-18(17)24/h3-12H,1-2H3,(H2,25,27,28,30). The molecular weight excluding hydrogens is 418 g/mol. The predicted molar refractivity (Wildman–Crippen MR) is 124 cm³/mol. The summed E-state index contributed by atoms with van der Waals surface area (Å²) in [6.45, 7) is 4.12. The van der Waals surface area contributed by atoms with Gasteiger partial charge >= 0.3 is 0 Å². The second-order valence-corrected chi connectivity index (χ2v) is 7.70. The normalized spacial score (nSPS) is 10.8. The number of hydrogen-bond donors (Lipinski definition) is 2. The van der Waals surface area contributed by atoms with Crippen molar-refractivity contribution >= 4 is 51.6 Å². The van der Waals surface area contributed by atoms with E-state index in [0.29, 0.717) is 33.3 Å². The molecule has 0 spiro atoms. The van der Waals surface area contributed by atoms with Crippen molar-refractivity contribution in [3.05, 3.63) is 82.4 Å². The molecule has 0 radical (unpaired) electrons. The van der Waals surface area contributed by atoms with E-state index in [0.717, 1.165) is 5.56 Å². The molecule has 0 bridgehead atoms. The molecule has 4 rings (SSSR count). The third-order valence-corrected chi connectivity index (χ3v) is 5.28. The number of amides is 1. The van der Waals surface area contributed by atoms with Crippen LogP contribution in [0.3, 0.4) is 0 Å². The first kappa shape index (κ1) is 20.1. The molecule has 2 N–H and O–H groups in total. The molecular formula is C23H18ClN3O2S. The number of halogens is 1. The van der Waals surface area contributed by atoms with Gasteiger partial charge in [0.1, 0.15) is 5.52 Å². The first-order chi connectivity index (χ1) is 14.4. The lowest BCUT2D eigenvalue weighted by Crippen LogP contribution is -2.34. The first-order valence-electron chi connectivity index (χ1n) is 9.26. The molecule has 0 saturated heterocycles. The maximum Gasteiger partial charge on any atom is 0.258 e. The zero-order valence-corrected chi connectivity index (χ0v) is 17.9. The van der Waals surface area contributed by atoms with Crippen LogP contribution in [-0.2, 0) is 0 Å². The van der Waals surface area contributed by atoms with E-state index in [2.05, 4.69) is 35.5 Å². The summed E-state index contributed by atoms with van der Waals surface area (Å²) in [6, 6.07) is 18.3. The van der Waals surface area contributed by atoms with E-state index in [-0.39, 0.29) is 11.0 Å². The number of carbonyl (C=O) groups excluding carboxylic acids is 1. The molecule has 1 amide bonds. The van der Waals surface area contributed by atoms with Gasteiger partial charge in [0, 0.05) is 11.3 Å². The number of nitrogens with zero attached hydrogens (tertiary/aromatic N) is 1. The lowest BCUT2D eigenvalue weighted by atomic mass is 10.1. The molecule has 3 aromatic carbocycles. The van der Waals surface area contributed by atoms with Gasteiger partial charge in [-0.2, -0.15) is 0 Å². The van der Waals surface area contributed by atoms with Gasteiger partial charge in [-0.15, -0.1) is 0 Å². The Morgan fingerprint density at radius 2 is 1.83 bits per heavy atom. The molecule has 0 unspecified atom stereocenters. The summed E-state index contributed by atoms with van der Waals surface area (Å²) in [5.41, 5.74) is 5.71. The van der Waals surface area contributed by atoms with Gasteiger partial charge in [0.15, 0.2) is 10.7 Å². The van der Waals surface area contributed by atoms with Crippen molar-refractivity contribution in [2.24, 2.45) is 0 Å². The number of aryl methyl sites for hydroxylation is 2. The van der Waals surface area contributed by atoms with Gasteiger partial charge < -0.3 is 9.73 Å². The molecule has 1 heterocycles. The molecule has 7 heteroatoms. The van der Waals surface area contributed by atoms with Crippen LogP contribution in [0.25, 0.3) is 22.6 Å². The smallest absolute Gasteiger partial charge is 0.258 e.